The summed E-state index contributed by atoms with van der Waals surface area (Å²) in [7, 11) is 0. The Balaban J connectivity index is 2.71. The van der Waals surface area contributed by atoms with Crippen molar-refractivity contribution in [2.75, 3.05) is 0 Å². The molecule has 0 saturated carbocycles. The van der Waals surface area contributed by atoms with Crippen molar-refractivity contribution < 1.29 is 0 Å². The van der Waals surface area contributed by atoms with Crippen molar-refractivity contribution in [2.45, 2.75) is 26.8 Å². The summed E-state index contributed by atoms with van der Waals surface area (Å²) in [6.45, 7) is 4.54. The van der Waals surface area contributed by atoms with Crippen LogP contribution in [0.15, 0.2) is 6.07 Å². The number of nitrogens with zero attached hydrogens (tertiary/aromatic N) is 2. The predicted octanol–water partition coefficient (Wildman–Crippen LogP) is 2.02. The minimum absolute atomic E-state index is 0.486. The molecular weight excluding hydrogens is 194 g/mol. The Morgan fingerprint density at radius 3 is 2.86 bits per heavy atom. The summed E-state index contributed by atoms with van der Waals surface area (Å²) >= 11 is 1.73. The zero-order valence-corrected chi connectivity index (χ0v) is 9.19. The molecule has 2 N–H and O–H groups in total. The van der Waals surface area contributed by atoms with Gasteiger partial charge in [0.15, 0.2) is 0 Å². The smallest absolute Gasteiger partial charge is 0.127 e. The van der Waals surface area contributed by atoms with Crippen LogP contribution in [0.5, 0.6) is 0 Å². The van der Waals surface area contributed by atoms with Gasteiger partial charge >= 0.3 is 0 Å². The Morgan fingerprint density at radius 1 is 1.43 bits per heavy atom. The molecule has 0 amide bonds. The molecule has 0 saturated heterocycles. The van der Waals surface area contributed by atoms with Crippen LogP contribution in [0.25, 0.3) is 10.2 Å². The Kier molecular flexibility index (Phi) is 2.48. The van der Waals surface area contributed by atoms with Gasteiger partial charge in [-0.2, -0.15) is 0 Å². The van der Waals surface area contributed by atoms with Crippen LogP contribution < -0.4 is 5.73 Å². The average molecular weight is 207 g/mol. The minimum Gasteiger partial charge on any atom is -0.325 e. The number of nitrogens with two attached hydrogens (primary N) is 1. The van der Waals surface area contributed by atoms with E-state index in [9.17, 15) is 0 Å². The van der Waals surface area contributed by atoms with E-state index < -0.39 is 0 Å². The summed E-state index contributed by atoms with van der Waals surface area (Å²) in [5, 5.41) is 1.12. The maximum absolute atomic E-state index is 5.65. The van der Waals surface area contributed by atoms with Gasteiger partial charge in [-0.3, -0.25) is 0 Å². The zero-order valence-electron chi connectivity index (χ0n) is 8.37. The molecule has 2 rings (SSSR count). The summed E-state index contributed by atoms with van der Waals surface area (Å²) < 4.78 is 0. The fourth-order valence-corrected chi connectivity index (χ4v) is 2.51. The van der Waals surface area contributed by atoms with Crippen LogP contribution in [0.1, 0.15) is 23.3 Å². The lowest BCUT2D eigenvalue weighted by molar-refractivity contribution is 0.957. The van der Waals surface area contributed by atoms with E-state index in [-0.39, 0.29) is 0 Å². The molecule has 74 valence electrons. The first kappa shape index (κ1) is 9.55. The fourth-order valence-electron chi connectivity index (χ4n) is 1.48. The van der Waals surface area contributed by atoms with E-state index in [0.29, 0.717) is 6.54 Å². The lowest BCUT2D eigenvalue weighted by atomic mass is 10.2. The van der Waals surface area contributed by atoms with Crippen molar-refractivity contribution >= 4 is 21.6 Å². The summed E-state index contributed by atoms with van der Waals surface area (Å²) in [5.74, 6) is 0.808. The normalized spacial score (nSPS) is 11.1. The number of rotatable bonds is 2. The lowest BCUT2D eigenvalue weighted by Crippen LogP contribution is -2.02. The molecule has 0 fully saturated rings. The molecule has 0 unspecified atom stereocenters. The van der Waals surface area contributed by atoms with Crippen molar-refractivity contribution in [1.82, 2.24) is 9.97 Å². The molecule has 4 heteroatoms. The highest BCUT2D eigenvalue weighted by Crippen LogP contribution is 2.26. The van der Waals surface area contributed by atoms with Gasteiger partial charge < -0.3 is 5.73 Å². The van der Waals surface area contributed by atoms with E-state index in [4.69, 9.17) is 5.73 Å². The highest BCUT2D eigenvalue weighted by Gasteiger charge is 2.07. The number of hydrogen-bond acceptors (Lipinski definition) is 4. The Bertz CT molecular complexity index is 462. The summed E-state index contributed by atoms with van der Waals surface area (Å²) in [4.78, 5) is 11.1. The van der Waals surface area contributed by atoms with Crippen LogP contribution in [0.3, 0.4) is 0 Å². The van der Waals surface area contributed by atoms with Gasteiger partial charge in [-0.05, 0) is 19.4 Å². The topological polar surface area (TPSA) is 51.8 Å². The second kappa shape index (κ2) is 3.63. The van der Waals surface area contributed by atoms with Gasteiger partial charge in [0.1, 0.15) is 10.7 Å². The lowest BCUT2D eigenvalue weighted by Gasteiger charge is -1.98. The molecule has 0 aromatic carbocycles. The molecule has 0 aliphatic carbocycles. The van der Waals surface area contributed by atoms with Crippen molar-refractivity contribution in [3.05, 3.63) is 22.5 Å². The maximum Gasteiger partial charge on any atom is 0.127 e. The average Bonchev–Trinajstić information content (AvgIpc) is 2.59. The molecule has 0 bridgehead atoms. The van der Waals surface area contributed by atoms with E-state index >= 15 is 0 Å². The van der Waals surface area contributed by atoms with Crippen molar-refractivity contribution in [3.8, 4) is 0 Å². The van der Waals surface area contributed by atoms with Gasteiger partial charge in [0.05, 0.1) is 5.69 Å². The second-order valence-corrected chi connectivity index (χ2v) is 4.32. The number of fused-ring (bicyclic) bond motifs is 1. The quantitative estimate of drug-likeness (QED) is 0.819. The first-order valence-electron chi connectivity index (χ1n) is 4.70. The highest BCUT2D eigenvalue weighted by atomic mass is 32.1. The van der Waals surface area contributed by atoms with Crippen LogP contribution in [-0.4, -0.2) is 9.97 Å². The Hall–Kier alpha value is -1.00. The molecule has 0 radical (unpaired) electrons. The summed E-state index contributed by atoms with van der Waals surface area (Å²) in [5.41, 5.74) is 6.61. The monoisotopic (exact) mass is 207 g/mol. The van der Waals surface area contributed by atoms with E-state index in [2.05, 4.69) is 23.0 Å². The molecule has 2 aromatic heterocycles. The van der Waals surface area contributed by atoms with E-state index in [0.717, 1.165) is 28.2 Å². The van der Waals surface area contributed by atoms with Crippen LogP contribution >= 0.6 is 11.3 Å². The molecule has 0 aliphatic heterocycles. The summed E-state index contributed by atoms with van der Waals surface area (Å²) in [6, 6.07) is 2.15. The third-order valence-corrected chi connectivity index (χ3v) is 3.35. The molecule has 14 heavy (non-hydrogen) atoms. The van der Waals surface area contributed by atoms with Crippen LogP contribution in [0, 0.1) is 6.92 Å². The molecule has 0 atom stereocenters. The van der Waals surface area contributed by atoms with Crippen LogP contribution in [0.2, 0.25) is 0 Å². The molecule has 2 aromatic rings. The standard InChI is InChI=1S/C10H13N3S/c1-3-7-4-8-9(5-11)12-6(2)13-10(8)14-7/h4H,3,5,11H2,1-2H3. The SMILES string of the molecule is CCc1cc2c(CN)nc(C)nc2s1. The van der Waals surface area contributed by atoms with Crippen LogP contribution in [-0.2, 0) is 13.0 Å². The van der Waals surface area contributed by atoms with Gasteiger partial charge in [0.2, 0.25) is 0 Å². The van der Waals surface area contributed by atoms with Gasteiger partial charge in [-0.25, -0.2) is 9.97 Å². The highest BCUT2D eigenvalue weighted by molar-refractivity contribution is 7.18. The summed E-state index contributed by atoms with van der Waals surface area (Å²) in [6.07, 6.45) is 1.05. The Labute approximate surface area is 87.0 Å². The van der Waals surface area contributed by atoms with Gasteiger partial charge in [0, 0.05) is 16.8 Å². The maximum atomic E-state index is 5.65. The number of hydrogen-bond donors (Lipinski definition) is 1. The molecule has 2 heterocycles. The van der Waals surface area contributed by atoms with Crippen molar-refractivity contribution in [1.29, 1.82) is 0 Å². The van der Waals surface area contributed by atoms with E-state index in [1.54, 1.807) is 11.3 Å². The Morgan fingerprint density at radius 2 is 2.21 bits per heavy atom. The second-order valence-electron chi connectivity index (χ2n) is 3.21. The first-order valence-corrected chi connectivity index (χ1v) is 5.52. The molecular formula is C10H13N3S. The third-order valence-electron chi connectivity index (χ3n) is 2.18. The van der Waals surface area contributed by atoms with Gasteiger partial charge in [-0.15, -0.1) is 11.3 Å². The minimum atomic E-state index is 0.486. The van der Waals surface area contributed by atoms with Gasteiger partial charge in [-0.1, -0.05) is 6.92 Å². The number of aromatic nitrogens is 2. The molecule has 0 spiro atoms. The zero-order chi connectivity index (χ0) is 10.1. The van der Waals surface area contributed by atoms with E-state index in [1.807, 2.05) is 6.92 Å². The van der Waals surface area contributed by atoms with Gasteiger partial charge in [0.25, 0.3) is 0 Å². The molecule has 3 nitrogen and oxygen atoms in total. The van der Waals surface area contributed by atoms with E-state index in [1.165, 1.54) is 4.88 Å². The predicted molar refractivity (Wildman–Crippen MR) is 59.4 cm³/mol. The number of thiophene rings is 1. The fraction of sp³-hybridized carbons (Fsp3) is 0.400. The molecule has 0 aliphatic rings. The third kappa shape index (κ3) is 1.51. The number of aryl methyl sites for hydroxylation is 2. The van der Waals surface area contributed by atoms with Crippen LogP contribution in [0.4, 0.5) is 0 Å². The first-order chi connectivity index (χ1) is 6.74. The largest absolute Gasteiger partial charge is 0.325 e. The van der Waals surface area contributed by atoms with Crippen molar-refractivity contribution in [3.63, 3.8) is 0 Å². The van der Waals surface area contributed by atoms with Crippen molar-refractivity contribution in [2.24, 2.45) is 5.73 Å².